The summed E-state index contributed by atoms with van der Waals surface area (Å²) in [6, 6.07) is 8.30. The lowest BCUT2D eigenvalue weighted by Gasteiger charge is -2.14. The summed E-state index contributed by atoms with van der Waals surface area (Å²) in [4.78, 5) is 47.2. The second kappa shape index (κ2) is 9.45. The SMILES string of the molecule is CCOc1cc(C=NN2C(=O)[C@@H]3[C@H](C2=O)[C@H]2C=C[C@H]3C2)cc([N+](=O)[O-])c1OCc1ccc([N+](=O)[O-])cc1. The van der Waals surface area contributed by atoms with Crippen LogP contribution in [-0.2, 0) is 16.2 Å². The number of hydrazone groups is 1. The van der Waals surface area contributed by atoms with Gasteiger partial charge in [-0.05, 0) is 48.9 Å². The van der Waals surface area contributed by atoms with Crippen molar-refractivity contribution in [3.8, 4) is 11.5 Å². The third kappa shape index (κ3) is 4.30. The molecule has 12 heteroatoms. The maximum Gasteiger partial charge on any atom is 0.315 e. The Morgan fingerprint density at radius 3 is 2.22 bits per heavy atom. The van der Waals surface area contributed by atoms with Gasteiger partial charge in [0, 0.05) is 23.8 Å². The van der Waals surface area contributed by atoms with Crippen molar-refractivity contribution in [2.75, 3.05) is 6.61 Å². The van der Waals surface area contributed by atoms with E-state index in [9.17, 15) is 29.8 Å². The van der Waals surface area contributed by atoms with Crippen LogP contribution in [0.4, 0.5) is 11.4 Å². The summed E-state index contributed by atoms with van der Waals surface area (Å²) in [5.41, 5.74) is 0.327. The molecule has 1 saturated carbocycles. The van der Waals surface area contributed by atoms with Crippen LogP contribution in [0.1, 0.15) is 24.5 Å². The molecule has 0 radical (unpaired) electrons. The first kappa shape index (κ1) is 24.1. The molecule has 0 N–H and O–H groups in total. The number of nitro groups is 2. The van der Waals surface area contributed by atoms with Gasteiger partial charge in [0.05, 0.1) is 34.5 Å². The minimum Gasteiger partial charge on any atom is -0.490 e. The van der Waals surface area contributed by atoms with E-state index in [1.165, 1.54) is 42.6 Å². The first-order chi connectivity index (χ1) is 17.8. The van der Waals surface area contributed by atoms with Gasteiger partial charge in [-0.2, -0.15) is 10.1 Å². The fraction of sp³-hybridized carbons (Fsp3) is 0.320. The van der Waals surface area contributed by atoms with Crippen LogP contribution < -0.4 is 9.47 Å². The predicted molar refractivity (Wildman–Crippen MR) is 129 cm³/mol. The molecule has 2 fully saturated rings. The van der Waals surface area contributed by atoms with Gasteiger partial charge in [0.15, 0.2) is 5.75 Å². The molecule has 37 heavy (non-hydrogen) atoms. The van der Waals surface area contributed by atoms with Crippen LogP contribution in [0.5, 0.6) is 11.5 Å². The number of ether oxygens (including phenoxy) is 2. The lowest BCUT2D eigenvalue weighted by molar-refractivity contribution is -0.386. The summed E-state index contributed by atoms with van der Waals surface area (Å²) in [6.45, 7) is 1.80. The zero-order valence-electron chi connectivity index (χ0n) is 19.7. The molecule has 3 aliphatic rings. The molecule has 5 rings (SSSR count). The highest BCUT2D eigenvalue weighted by atomic mass is 16.6. The van der Waals surface area contributed by atoms with Crippen molar-refractivity contribution in [1.82, 2.24) is 5.01 Å². The van der Waals surface area contributed by atoms with Gasteiger partial charge in [0.25, 0.3) is 17.5 Å². The van der Waals surface area contributed by atoms with E-state index in [0.717, 1.165) is 11.4 Å². The highest BCUT2D eigenvalue weighted by Gasteiger charge is 2.59. The Hall–Kier alpha value is -4.61. The van der Waals surface area contributed by atoms with Crippen LogP contribution >= 0.6 is 0 Å². The normalized spacial score (nSPS) is 23.6. The minimum atomic E-state index is -0.634. The molecule has 12 nitrogen and oxygen atoms in total. The van der Waals surface area contributed by atoms with Crippen LogP contribution in [0.15, 0.2) is 53.7 Å². The van der Waals surface area contributed by atoms with Gasteiger partial charge in [-0.15, -0.1) is 0 Å². The van der Waals surface area contributed by atoms with Gasteiger partial charge in [0.1, 0.15) is 6.61 Å². The Morgan fingerprint density at radius 2 is 1.65 bits per heavy atom. The van der Waals surface area contributed by atoms with Gasteiger partial charge >= 0.3 is 5.69 Å². The highest BCUT2D eigenvalue weighted by Crippen LogP contribution is 2.52. The Balaban J connectivity index is 1.39. The second-order valence-corrected chi connectivity index (χ2v) is 9.00. The van der Waals surface area contributed by atoms with E-state index in [-0.39, 0.29) is 59.6 Å². The van der Waals surface area contributed by atoms with Crippen LogP contribution in [0.25, 0.3) is 0 Å². The standard InChI is InChI=1S/C25H22N4O8/c1-2-36-20-10-15(12-26-27-24(30)21-16-5-6-17(11-16)22(21)25(27)31)9-19(29(34)35)23(20)37-13-14-3-7-18(8-4-14)28(32)33/h3-10,12,16-17,21-22H,2,11,13H2,1H3/t16-,17-,21-,22+/m0/s1. The van der Waals surface area contributed by atoms with Gasteiger partial charge in [-0.3, -0.25) is 29.8 Å². The fourth-order valence-corrected chi connectivity index (χ4v) is 5.22. The molecule has 4 atom stereocenters. The van der Waals surface area contributed by atoms with Gasteiger partial charge in [-0.1, -0.05) is 12.2 Å². The molecule has 190 valence electrons. The molecule has 0 unspecified atom stereocenters. The minimum absolute atomic E-state index is 0.0458. The zero-order valence-corrected chi connectivity index (χ0v) is 19.7. The third-order valence-electron chi connectivity index (χ3n) is 6.85. The summed E-state index contributed by atoms with van der Waals surface area (Å²) in [7, 11) is 0. The molecule has 1 heterocycles. The first-order valence-corrected chi connectivity index (χ1v) is 11.7. The summed E-state index contributed by atoms with van der Waals surface area (Å²) in [5.74, 6) is -1.46. The van der Waals surface area contributed by atoms with Crippen molar-refractivity contribution in [1.29, 1.82) is 0 Å². The van der Waals surface area contributed by atoms with E-state index in [0.29, 0.717) is 5.56 Å². The maximum absolute atomic E-state index is 12.9. The number of non-ortho nitro benzene ring substituents is 1. The molecule has 2 aliphatic carbocycles. The average Bonchev–Trinajstić information content (AvgIpc) is 3.56. The van der Waals surface area contributed by atoms with Crippen molar-refractivity contribution < 1.29 is 28.9 Å². The van der Waals surface area contributed by atoms with E-state index in [1.54, 1.807) is 6.92 Å². The zero-order chi connectivity index (χ0) is 26.3. The summed E-state index contributed by atoms with van der Waals surface area (Å²) < 4.78 is 11.3. The average molecular weight is 506 g/mol. The Kier molecular flexibility index (Phi) is 6.15. The van der Waals surface area contributed by atoms with Crippen molar-refractivity contribution in [2.24, 2.45) is 28.8 Å². The van der Waals surface area contributed by atoms with Crippen molar-refractivity contribution in [3.63, 3.8) is 0 Å². The Labute approximate surface area is 210 Å². The van der Waals surface area contributed by atoms with E-state index >= 15 is 0 Å². The summed E-state index contributed by atoms with van der Waals surface area (Å²) >= 11 is 0. The number of imide groups is 1. The molecule has 2 bridgehead atoms. The predicted octanol–water partition coefficient (Wildman–Crippen LogP) is 3.62. The smallest absolute Gasteiger partial charge is 0.315 e. The number of nitro benzene ring substituents is 2. The molecule has 2 aromatic carbocycles. The van der Waals surface area contributed by atoms with Crippen molar-refractivity contribution in [2.45, 2.75) is 20.0 Å². The Morgan fingerprint density at radius 1 is 1.00 bits per heavy atom. The number of allylic oxidation sites excluding steroid dienone is 2. The molecule has 2 aromatic rings. The van der Waals surface area contributed by atoms with Gasteiger partial charge in [-0.25, -0.2) is 0 Å². The molecule has 0 aromatic heterocycles. The number of carbonyl (C=O) groups excluding carboxylic acids is 2. The number of benzene rings is 2. The largest absolute Gasteiger partial charge is 0.490 e. The van der Waals surface area contributed by atoms with E-state index < -0.39 is 27.4 Å². The van der Waals surface area contributed by atoms with Crippen molar-refractivity contribution in [3.05, 3.63) is 79.9 Å². The van der Waals surface area contributed by atoms with Crippen molar-refractivity contribution >= 4 is 29.4 Å². The number of carbonyl (C=O) groups is 2. The quantitative estimate of drug-likeness (QED) is 0.164. The molecule has 1 aliphatic heterocycles. The Bertz CT molecular complexity index is 1320. The molecular formula is C25H22N4O8. The third-order valence-corrected chi connectivity index (χ3v) is 6.85. The highest BCUT2D eigenvalue weighted by molar-refractivity contribution is 6.06. The topological polar surface area (TPSA) is 154 Å². The number of rotatable bonds is 9. The van der Waals surface area contributed by atoms with E-state index in [1.807, 2.05) is 12.2 Å². The lowest BCUT2D eigenvalue weighted by atomic mass is 9.85. The number of hydrogen-bond acceptors (Lipinski definition) is 9. The number of hydrogen-bond donors (Lipinski definition) is 0. The first-order valence-electron chi connectivity index (χ1n) is 11.7. The summed E-state index contributed by atoms with van der Waals surface area (Å²) in [5, 5.41) is 27.7. The van der Waals surface area contributed by atoms with Gasteiger partial charge < -0.3 is 9.47 Å². The van der Waals surface area contributed by atoms with Crippen LogP contribution in [0.2, 0.25) is 0 Å². The number of amides is 2. The summed E-state index contributed by atoms with van der Waals surface area (Å²) in [6.07, 6.45) is 5.99. The molecule has 1 saturated heterocycles. The van der Waals surface area contributed by atoms with Crippen LogP contribution in [0, 0.1) is 43.9 Å². The molecule has 0 spiro atoms. The van der Waals surface area contributed by atoms with E-state index in [4.69, 9.17) is 9.47 Å². The number of fused-ring (bicyclic) bond motifs is 5. The molecular weight excluding hydrogens is 484 g/mol. The lowest BCUT2D eigenvalue weighted by Crippen LogP contribution is -2.28. The van der Waals surface area contributed by atoms with E-state index in [2.05, 4.69) is 5.10 Å². The fourth-order valence-electron chi connectivity index (χ4n) is 5.22. The maximum atomic E-state index is 12.9. The molecule has 2 amide bonds. The second-order valence-electron chi connectivity index (χ2n) is 9.00. The van der Waals surface area contributed by atoms with Crippen LogP contribution in [0.3, 0.4) is 0 Å². The van der Waals surface area contributed by atoms with Gasteiger partial charge in [0.2, 0.25) is 5.75 Å². The monoisotopic (exact) mass is 506 g/mol. The van der Waals surface area contributed by atoms with Crippen LogP contribution in [-0.4, -0.2) is 39.5 Å². The number of nitrogens with zero attached hydrogens (tertiary/aromatic N) is 4.